The van der Waals surface area contributed by atoms with Crippen molar-refractivity contribution in [1.29, 1.82) is 0 Å². The molecular formula is C13H19FN2O2S. The predicted octanol–water partition coefficient (Wildman–Crippen LogP) is 1.51. The Hall–Kier alpha value is -0.980. The molecule has 1 unspecified atom stereocenters. The third-order valence-corrected chi connectivity index (χ3v) is 5.66. The van der Waals surface area contributed by atoms with E-state index in [1.807, 2.05) is 6.92 Å². The van der Waals surface area contributed by atoms with E-state index in [0.717, 1.165) is 13.0 Å². The highest BCUT2D eigenvalue weighted by atomic mass is 32.2. The molecule has 0 aliphatic carbocycles. The third-order valence-electron chi connectivity index (χ3n) is 3.48. The summed E-state index contributed by atoms with van der Waals surface area (Å²) in [5.74, 6) is -0.415. The summed E-state index contributed by atoms with van der Waals surface area (Å²) >= 11 is 0. The molecule has 1 aromatic rings. The topological polar surface area (TPSA) is 49.4 Å². The number of sulfonamides is 1. The Morgan fingerprint density at radius 2 is 2.21 bits per heavy atom. The molecule has 1 saturated heterocycles. The van der Waals surface area contributed by atoms with Gasteiger partial charge in [-0.05, 0) is 43.7 Å². The number of hydrogen-bond acceptors (Lipinski definition) is 3. The molecule has 1 aromatic carbocycles. The molecule has 1 N–H and O–H groups in total. The van der Waals surface area contributed by atoms with Crippen LogP contribution >= 0.6 is 0 Å². The summed E-state index contributed by atoms with van der Waals surface area (Å²) in [6.07, 6.45) is 0.813. The molecule has 0 bridgehead atoms. The zero-order valence-electron chi connectivity index (χ0n) is 11.2. The lowest BCUT2D eigenvalue weighted by molar-refractivity contribution is 0.348. The van der Waals surface area contributed by atoms with Gasteiger partial charge in [0.25, 0.3) is 0 Å². The van der Waals surface area contributed by atoms with Crippen LogP contribution in [0.1, 0.15) is 18.9 Å². The first-order valence-corrected chi connectivity index (χ1v) is 7.89. The van der Waals surface area contributed by atoms with E-state index in [-0.39, 0.29) is 10.9 Å². The van der Waals surface area contributed by atoms with Gasteiger partial charge in [-0.2, -0.15) is 4.31 Å². The average molecular weight is 286 g/mol. The van der Waals surface area contributed by atoms with Crippen molar-refractivity contribution in [3.63, 3.8) is 0 Å². The molecule has 0 saturated carbocycles. The largest absolute Gasteiger partial charge is 0.315 e. The van der Waals surface area contributed by atoms with Gasteiger partial charge in [0.15, 0.2) is 0 Å². The Kier molecular flexibility index (Phi) is 4.23. The van der Waals surface area contributed by atoms with Gasteiger partial charge in [0.1, 0.15) is 5.82 Å². The second-order valence-corrected chi connectivity index (χ2v) is 6.62. The first kappa shape index (κ1) is 14.4. The van der Waals surface area contributed by atoms with Gasteiger partial charge >= 0.3 is 0 Å². The third kappa shape index (κ3) is 2.80. The minimum absolute atomic E-state index is 0.0144. The van der Waals surface area contributed by atoms with Crippen LogP contribution in [0.2, 0.25) is 0 Å². The maximum absolute atomic E-state index is 13.1. The van der Waals surface area contributed by atoms with Crippen LogP contribution in [0.25, 0.3) is 0 Å². The second kappa shape index (κ2) is 5.56. The number of nitrogens with one attached hydrogen (secondary N) is 1. The van der Waals surface area contributed by atoms with E-state index >= 15 is 0 Å². The summed E-state index contributed by atoms with van der Waals surface area (Å²) in [6.45, 7) is 5.38. The van der Waals surface area contributed by atoms with Gasteiger partial charge in [0.05, 0.1) is 4.90 Å². The fraction of sp³-hybridized carbons (Fsp3) is 0.538. The number of hydrogen-bond donors (Lipinski definition) is 1. The smallest absolute Gasteiger partial charge is 0.243 e. The quantitative estimate of drug-likeness (QED) is 0.912. The Bertz CT molecular complexity index is 554. The normalized spacial score (nSPS) is 20.1. The van der Waals surface area contributed by atoms with Gasteiger partial charge < -0.3 is 5.32 Å². The maximum atomic E-state index is 13.1. The van der Waals surface area contributed by atoms with Crippen LogP contribution in [-0.4, -0.2) is 38.4 Å². The van der Waals surface area contributed by atoms with Crippen molar-refractivity contribution in [3.8, 4) is 0 Å². The molecule has 1 aliphatic heterocycles. The Labute approximate surface area is 113 Å². The number of benzene rings is 1. The summed E-state index contributed by atoms with van der Waals surface area (Å²) < 4.78 is 39.9. The van der Waals surface area contributed by atoms with Crippen LogP contribution < -0.4 is 5.32 Å². The molecule has 1 atom stereocenters. The van der Waals surface area contributed by atoms with Gasteiger partial charge in [0, 0.05) is 19.1 Å². The molecule has 1 heterocycles. The average Bonchev–Trinajstić information content (AvgIpc) is 2.82. The number of nitrogens with zero attached hydrogens (tertiary/aromatic N) is 1. The summed E-state index contributed by atoms with van der Waals surface area (Å²) in [5.41, 5.74) is 0.449. The number of halogens is 1. The van der Waals surface area contributed by atoms with Crippen LogP contribution in [0.4, 0.5) is 4.39 Å². The molecule has 4 nitrogen and oxygen atoms in total. The summed E-state index contributed by atoms with van der Waals surface area (Å²) in [7, 11) is -3.56. The Balaban J connectivity index is 2.39. The van der Waals surface area contributed by atoms with Gasteiger partial charge in [-0.25, -0.2) is 12.8 Å². The Morgan fingerprint density at radius 1 is 1.47 bits per heavy atom. The monoisotopic (exact) mass is 286 g/mol. The van der Waals surface area contributed by atoms with Crippen LogP contribution in [0.5, 0.6) is 0 Å². The van der Waals surface area contributed by atoms with Crippen molar-refractivity contribution >= 4 is 10.0 Å². The number of aryl methyl sites for hydroxylation is 1. The van der Waals surface area contributed by atoms with Crippen LogP contribution in [-0.2, 0) is 10.0 Å². The van der Waals surface area contributed by atoms with Crippen molar-refractivity contribution < 1.29 is 12.8 Å². The van der Waals surface area contributed by atoms with Crippen LogP contribution in [0.15, 0.2) is 23.1 Å². The van der Waals surface area contributed by atoms with Gasteiger partial charge in [0.2, 0.25) is 10.0 Å². The van der Waals surface area contributed by atoms with E-state index in [4.69, 9.17) is 0 Å². The van der Waals surface area contributed by atoms with Crippen molar-refractivity contribution in [2.24, 2.45) is 0 Å². The number of rotatable bonds is 4. The fourth-order valence-electron chi connectivity index (χ4n) is 2.54. The lowest BCUT2D eigenvalue weighted by Crippen LogP contribution is -2.41. The van der Waals surface area contributed by atoms with E-state index in [1.165, 1.54) is 22.5 Å². The lowest BCUT2D eigenvalue weighted by atomic mass is 10.2. The first-order valence-electron chi connectivity index (χ1n) is 6.45. The van der Waals surface area contributed by atoms with Crippen molar-refractivity contribution in [2.45, 2.75) is 31.2 Å². The van der Waals surface area contributed by atoms with Crippen molar-refractivity contribution in [3.05, 3.63) is 29.6 Å². The standard InChI is InChI=1S/C13H19FN2O2S/c1-3-16(12-6-7-15-9-12)19(17,18)13-5-4-11(14)8-10(13)2/h4-5,8,12,15H,3,6-7,9H2,1-2H3. The Morgan fingerprint density at radius 3 is 2.74 bits per heavy atom. The lowest BCUT2D eigenvalue weighted by Gasteiger charge is -2.26. The van der Waals surface area contributed by atoms with E-state index < -0.39 is 15.8 Å². The molecule has 2 rings (SSSR count). The molecule has 1 fully saturated rings. The zero-order valence-corrected chi connectivity index (χ0v) is 12.0. The highest BCUT2D eigenvalue weighted by Gasteiger charge is 2.32. The molecule has 0 spiro atoms. The highest BCUT2D eigenvalue weighted by Crippen LogP contribution is 2.24. The molecule has 106 valence electrons. The summed E-state index contributed by atoms with van der Waals surface area (Å²) in [6, 6.07) is 3.79. The minimum Gasteiger partial charge on any atom is -0.315 e. The molecule has 0 amide bonds. The molecule has 6 heteroatoms. The van der Waals surface area contributed by atoms with E-state index in [2.05, 4.69) is 5.32 Å². The maximum Gasteiger partial charge on any atom is 0.243 e. The van der Waals surface area contributed by atoms with Gasteiger partial charge in [-0.3, -0.25) is 0 Å². The minimum atomic E-state index is -3.56. The summed E-state index contributed by atoms with van der Waals surface area (Å²) in [5, 5.41) is 3.17. The molecule has 19 heavy (non-hydrogen) atoms. The summed E-state index contributed by atoms with van der Waals surface area (Å²) in [4.78, 5) is 0.197. The number of likely N-dealkylation sites (N-methyl/N-ethyl adjacent to an activating group) is 1. The second-order valence-electron chi connectivity index (χ2n) is 4.76. The predicted molar refractivity (Wildman–Crippen MR) is 72.0 cm³/mol. The fourth-order valence-corrected chi connectivity index (χ4v) is 4.41. The SMILES string of the molecule is CCN(C1CCNC1)S(=O)(=O)c1ccc(F)cc1C. The van der Waals surface area contributed by atoms with Gasteiger partial charge in [-0.1, -0.05) is 6.92 Å². The van der Waals surface area contributed by atoms with Crippen molar-refractivity contribution in [1.82, 2.24) is 9.62 Å². The molecule has 0 aromatic heterocycles. The van der Waals surface area contributed by atoms with Crippen LogP contribution in [0.3, 0.4) is 0 Å². The van der Waals surface area contributed by atoms with E-state index in [9.17, 15) is 12.8 Å². The van der Waals surface area contributed by atoms with Crippen molar-refractivity contribution in [2.75, 3.05) is 19.6 Å². The molecule has 1 aliphatic rings. The van der Waals surface area contributed by atoms with Gasteiger partial charge in [-0.15, -0.1) is 0 Å². The molecule has 0 radical (unpaired) electrons. The van der Waals surface area contributed by atoms with E-state index in [1.54, 1.807) is 6.92 Å². The van der Waals surface area contributed by atoms with E-state index in [0.29, 0.717) is 18.7 Å². The zero-order chi connectivity index (χ0) is 14.0. The first-order chi connectivity index (χ1) is 8.96. The molecular weight excluding hydrogens is 267 g/mol. The van der Waals surface area contributed by atoms with Crippen LogP contribution in [0, 0.1) is 12.7 Å². The highest BCUT2D eigenvalue weighted by molar-refractivity contribution is 7.89.